The van der Waals surface area contributed by atoms with E-state index in [1.165, 1.54) is 0 Å². The van der Waals surface area contributed by atoms with Crippen molar-refractivity contribution in [3.8, 4) is 11.5 Å². The summed E-state index contributed by atoms with van der Waals surface area (Å²) in [5, 5.41) is 8.47. The number of nitrogen functional groups attached to an aromatic ring is 1. The number of fused-ring (bicyclic) bond motifs is 1. The van der Waals surface area contributed by atoms with Crippen molar-refractivity contribution in [1.29, 1.82) is 5.41 Å². The first-order valence-electron chi connectivity index (χ1n) is 6.06. The largest absolute Gasteiger partial charge is 0.454 e. The quantitative estimate of drug-likeness (QED) is 0.562. The first-order valence-corrected chi connectivity index (χ1v) is 6.06. The predicted molar refractivity (Wildman–Crippen MR) is 77.1 cm³/mol. The Bertz CT molecular complexity index is 771. The van der Waals surface area contributed by atoms with Crippen LogP contribution in [0.15, 0.2) is 55.0 Å². The number of nitrogens with two attached hydrogens (primary N) is 1. The maximum absolute atomic E-state index is 7.66. The van der Waals surface area contributed by atoms with E-state index in [9.17, 15) is 0 Å². The highest BCUT2D eigenvalue weighted by atomic mass is 16.5. The molecule has 0 radical (unpaired) electrons. The molecule has 0 bridgehead atoms. The van der Waals surface area contributed by atoms with E-state index in [1.807, 2.05) is 24.3 Å². The third-order valence-corrected chi connectivity index (χ3v) is 2.87. The third-order valence-electron chi connectivity index (χ3n) is 2.87. The van der Waals surface area contributed by atoms with E-state index in [0.29, 0.717) is 17.1 Å². The van der Waals surface area contributed by atoms with Gasteiger partial charge in [0.15, 0.2) is 0 Å². The van der Waals surface area contributed by atoms with Crippen molar-refractivity contribution in [2.24, 2.45) is 5.73 Å². The molecule has 0 aliphatic carbocycles. The molecule has 98 valence electrons. The zero-order valence-corrected chi connectivity index (χ0v) is 10.6. The minimum atomic E-state index is -0.0813. The minimum absolute atomic E-state index is 0.0813. The van der Waals surface area contributed by atoms with Crippen LogP contribution in [0.25, 0.3) is 10.9 Å². The summed E-state index contributed by atoms with van der Waals surface area (Å²) in [6.45, 7) is 0. The van der Waals surface area contributed by atoms with Gasteiger partial charge in [-0.05, 0) is 24.3 Å². The molecule has 20 heavy (non-hydrogen) atoms. The van der Waals surface area contributed by atoms with Gasteiger partial charge in [0, 0.05) is 17.8 Å². The lowest BCUT2D eigenvalue weighted by molar-refractivity contribution is 0.484. The Labute approximate surface area is 115 Å². The molecular formula is C15H12N4O. The summed E-state index contributed by atoms with van der Waals surface area (Å²) in [5.74, 6) is 1.03. The van der Waals surface area contributed by atoms with E-state index in [1.54, 1.807) is 30.7 Å². The topological polar surface area (TPSA) is 84.9 Å². The van der Waals surface area contributed by atoms with E-state index in [0.717, 1.165) is 10.9 Å². The van der Waals surface area contributed by atoms with Gasteiger partial charge in [-0.1, -0.05) is 12.1 Å². The molecule has 0 saturated carbocycles. The molecule has 0 atom stereocenters. The van der Waals surface area contributed by atoms with Gasteiger partial charge in [-0.15, -0.1) is 0 Å². The van der Waals surface area contributed by atoms with Gasteiger partial charge in [0.1, 0.15) is 17.3 Å². The van der Waals surface area contributed by atoms with Crippen LogP contribution in [-0.4, -0.2) is 15.8 Å². The van der Waals surface area contributed by atoms with Crippen molar-refractivity contribution in [2.45, 2.75) is 0 Å². The van der Waals surface area contributed by atoms with Crippen LogP contribution < -0.4 is 10.5 Å². The molecule has 0 saturated heterocycles. The molecule has 5 heteroatoms. The van der Waals surface area contributed by atoms with Gasteiger partial charge >= 0.3 is 0 Å². The van der Waals surface area contributed by atoms with E-state index in [-0.39, 0.29) is 5.84 Å². The molecule has 0 aliphatic heterocycles. The first-order chi connectivity index (χ1) is 9.75. The fourth-order valence-electron chi connectivity index (χ4n) is 1.94. The van der Waals surface area contributed by atoms with E-state index < -0.39 is 0 Å². The fraction of sp³-hybridized carbons (Fsp3) is 0. The van der Waals surface area contributed by atoms with Gasteiger partial charge in [-0.25, -0.2) is 0 Å². The summed E-state index contributed by atoms with van der Waals surface area (Å²) >= 11 is 0. The van der Waals surface area contributed by atoms with Crippen LogP contribution in [0.4, 0.5) is 0 Å². The zero-order chi connectivity index (χ0) is 13.9. The highest BCUT2D eigenvalue weighted by Gasteiger charge is 2.13. The summed E-state index contributed by atoms with van der Waals surface area (Å²) in [7, 11) is 0. The van der Waals surface area contributed by atoms with Crippen LogP contribution in [0.5, 0.6) is 11.5 Å². The molecule has 0 unspecified atom stereocenters. The molecule has 5 nitrogen and oxygen atoms in total. The Morgan fingerprint density at radius 1 is 1.10 bits per heavy atom. The number of aromatic nitrogens is 2. The molecule has 3 aromatic rings. The molecule has 0 aliphatic rings. The number of benzene rings is 1. The Hall–Kier alpha value is -2.95. The van der Waals surface area contributed by atoms with Gasteiger partial charge in [0.2, 0.25) is 0 Å². The Morgan fingerprint density at radius 2 is 1.95 bits per heavy atom. The number of rotatable bonds is 3. The highest BCUT2D eigenvalue weighted by molar-refractivity contribution is 6.03. The van der Waals surface area contributed by atoms with Gasteiger partial charge < -0.3 is 10.5 Å². The number of hydrogen-bond donors (Lipinski definition) is 2. The normalized spacial score (nSPS) is 10.4. The van der Waals surface area contributed by atoms with E-state index in [2.05, 4.69) is 9.97 Å². The van der Waals surface area contributed by atoms with E-state index in [4.69, 9.17) is 15.9 Å². The number of ether oxygens (including phenoxy) is 1. The standard InChI is InChI=1S/C15H12N4O/c16-15(17)12-9-19-13-6-2-1-5-11(13)14(12)20-10-4-3-7-18-8-10/h1-9H,(H3,16,17). The van der Waals surface area contributed by atoms with Crippen LogP contribution in [0.3, 0.4) is 0 Å². The molecule has 2 heterocycles. The molecule has 0 amide bonds. The molecule has 3 N–H and O–H groups in total. The summed E-state index contributed by atoms with van der Waals surface area (Å²) in [6, 6.07) is 11.1. The number of amidine groups is 1. The predicted octanol–water partition coefficient (Wildman–Crippen LogP) is 2.71. The molecule has 3 rings (SSSR count). The summed E-state index contributed by atoms with van der Waals surface area (Å²) in [6.07, 6.45) is 4.83. The van der Waals surface area contributed by atoms with Gasteiger partial charge in [0.25, 0.3) is 0 Å². The molecule has 0 fully saturated rings. The highest BCUT2D eigenvalue weighted by Crippen LogP contribution is 2.31. The van der Waals surface area contributed by atoms with E-state index >= 15 is 0 Å². The Morgan fingerprint density at radius 3 is 2.70 bits per heavy atom. The second-order valence-electron chi connectivity index (χ2n) is 4.22. The average Bonchev–Trinajstić information content (AvgIpc) is 2.48. The minimum Gasteiger partial charge on any atom is -0.454 e. The third kappa shape index (κ3) is 2.16. The second kappa shape index (κ2) is 4.97. The number of para-hydroxylation sites is 1. The van der Waals surface area contributed by atoms with Crippen LogP contribution in [0.1, 0.15) is 5.56 Å². The second-order valence-corrected chi connectivity index (χ2v) is 4.22. The van der Waals surface area contributed by atoms with Crippen molar-refractivity contribution >= 4 is 16.7 Å². The molecule has 1 aromatic carbocycles. The number of nitrogens with zero attached hydrogens (tertiary/aromatic N) is 2. The molecule has 2 aromatic heterocycles. The van der Waals surface area contributed by atoms with Crippen molar-refractivity contribution in [3.05, 3.63) is 60.6 Å². The lowest BCUT2D eigenvalue weighted by Gasteiger charge is -2.12. The SMILES string of the molecule is N=C(N)c1cnc2ccccc2c1Oc1cccnc1. The van der Waals surface area contributed by atoms with Gasteiger partial charge in [-0.3, -0.25) is 15.4 Å². The van der Waals surface area contributed by atoms with Crippen LogP contribution in [0, 0.1) is 5.41 Å². The Balaban J connectivity index is 2.20. The van der Waals surface area contributed by atoms with Crippen molar-refractivity contribution < 1.29 is 4.74 Å². The van der Waals surface area contributed by atoms with Gasteiger partial charge in [0.05, 0.1) is 17.3 Å². The van der Waals surface area contributed by atoms with Crippen molar-refractivity contribution in [1.82, 2.24) is 9.97 Å². The zero-order valence-electron chi connectivity index (χ0n) is 10.6. The first kappa shape index (κ1) is 12.1. The lowest BCUT2D eigenvalue weighted by atomic mass is 10.1. The fourth-order valence-corrected chi connectivity index (χ4v) is 1.94. The molecular weight excluding hydrogens is 252 g/mol. The van der Waals surface area contributed by atoms with Crippen molar-refractivity contribution in [3.63, 3.8) is 0 Å². The average molecular weight is 264 g/mol. The summed E-state index contributed by atoms with van der Waals surface area (Å²) < 4.78 is 5.86. The number of nitrogens with one attached hydrogen (secondary N) is 1. The summed E-state index contributed by atoms with van der Waals surface area (Å²) in [4.78, 5) is 8.30. The maximum Gasteiger partial charge on any atom is 0.149 e. The smallest absolute Gasteiger partial charge is 0.149 e. The van der Waals surface area contributed by atoms with Crippen LogP contribution in [-0.2, 0) is 0 Å². The monoisotopic (exact) mass is 264 g/mol. The number of pyridine rings is 2. The van der Waals surface area contributed by atoms with Crippen LogP contribution in [0.2, 0.25) is 0 Å². The van der Waals surface area contributed by atoms with Gasteiger partial charge in [-0.2, -0.15) is 0 Å². The molecule has 0 spiro atoms. The summed E-state index contributed by atoms with van der Waals surface area (Å²) in [5.41, 5.74) is 6.86. The van der Waals surface area contributed by atoms with Crippen LogP contribution >= 0.6 is 0 Å². The number of hydrogen-bond acceptors (Lipinski definition) is 4. The lowest BCUT2D eigenvalue weighted by Crippen LogP contribution is -2.13. The van der Waals surface area contributed by atoms with Crippen molar-refractivity contribution in [2.75, 3.05) is 0 Å². The maximum atomic E-state index is 7.66. The Kier molecular flexibility index (Phi) is 3.01.